The van der Waals surface area contributed by atoms with Crippen molar-refractivity contribution >= 4 is 39.5 Å². The first-order valence-electron chi connectivity index (χ1n) is 37.5. The summed E-state index contributed by atoms with van der Waals surface area (Å²) in [6, 6.07) is 0. The summed E-state index contributed by atoms with van der Waals surface area (Å²) in [5.41, 5.74) is 0. The Morgan fingerprint density at radius 2 is 0.560 bits per heavy atom. The van der Waals surface area contributed by atoms with Crippen molar-refractivity contribution in [2.45, 2.75) is 387 Å². The average molecular weight is 1340 g/mol. The lowest BCUT2D eigenvalue weighted by Crippen LogP contribution is -2.30. The van der Waals surface area contributed by atoms with Crippen molar-refractivity contribution in [3.05, 3.63) is 0 Å². The predicted octanol–water partition coefficient (Wildman–Crippen LogP) is 20.8. The molecule has 17 nitrogen and oxygen atoms in total. The number of phosphoric ester groups is 2. The van der Waals surface area contributed by atoms with Crippen molar-refractivity contribution < 1.29 is 80.2 Å². The van der Waals surface area contributed by atoms with E-state index in [0.717, 1.165) is 102 Å². The van der Waals surface area contributed by atoms with Gasteiger partial charge < -0.3 is 33.8 Å². The number of unbranched alkanes of at least 4 members (excludes halogenated alkanes) is 40. The number of ether oxygens (including phenoxy) is 4. The zero-order valence-corrected chi connectivity index (χ0v) is 60.9. The lowest BCUT2D eigenvalue weighted by Gasteiger charge is -2.21. The average Bonchev–Trinajstić information content (AvgIpc) is 3.68. The Balaban J connectivity index is 5.10. The molecular weight excluding hydrogens is 1200 g/mol. The van der Waals surface area contributed by atoms with E-state index in [9.17, 15) is 43.2 Å². The van der Waals surface area contributed by atoms with Crippen LogP contribution in [0.2, 0.25) is 0 Å². The van der Waals surface area contributed by atoms with E-state index in [1.165, 1.54) is 180 Å². The Morgan fingerprint density at radius 3 is 0.835 bits per heavy atom. The van der Waals surface area contributed by atoms with Crippen molar-refractivity contribution in [3.63, 3.8) is 0 Å². The Morgan fingerprint density at radius 1 is 0.319 bits per heavy atom. The number of hydrogen-bond acceptors (Lipinski definition) is 15. The lowest BCUT2D eigenvalue weighted by atomic mass is 9.99. The first kappa shape index (κ1) is 89.1. The van der Waals surface area contributed by atoms with Gasteiger partial charge in [-0.15, -0.1) is 0 Å². The molecule has 0 spiro atoms. The molecule has 0 saturated heterocycles. The van der Waals surface area contributed by atoms with Gasteiger partial charge in [-0.3, -0.25) is 37.3 Å². The SMILES string of the molecule is CCCCCCCCCCCCCCCCCC(=O)OC[C@H](COP(=O)(O)OC[C@@H](O)COP(=O)(O)OC[C@@H](COC(=O)CCCCCCC)OC(=O)CCCCCCCCC(C)C)OC(=O)CCCCCCCCCCCCCCCCCCCCC(C)CC. The highest BCUT2D eigenvalue weighted by molar-refractivity contribution is 7.47. The van der Waals surface area contributed by atoms with E-state index in [0.29, 0.717) is 31.6 Å². The van der Waals surface area contributed by atoms with E-state index in [2.05, 4.69) is 41.5 Å². The molecule has 91 heavy (non-hydrogen) atoms. The molecule has 6 atom stereocenters. The molecule has 0 aromatic heterocycles. The summed E-state index contributed by atoms with van der Waals surface area (Å²) in [5.74, 6) is -0.597. The number of carbonyl (C=O) groups is 4. The maximum absolute atomic E-state index is 13.1. The standard InChI is InChI=1S/C72H140O17P2/c1-7-10-12-14-15-16-17-18-23-27-30-33-36-43-49-55-70(75)83-61-68(88-71(76)56-50-44-37-34-31-28-25-22-20-19-21-24-26-29-32-35-42-47-53-65(6)9-3)63-87-91(80,81)85-59-66(73)58-84-90(78,79)86-62-67(60-82-69(74)54-48-40-13-11-8-2)89-72(77)57-51-45-39-38-41-46-52-64(4)5/h64-68,73H,7-63H2,1-6H3,(H,78,79)(H,80,81)/t65?,66-,67+,68+/m0/s1. The molecule has 3 N–H and O–H groups in total. The second kappa shape index (κ2) is 64.1. The van der Waals surface area contributed by atoms with Crippen LogP contribution in [0.5, 0.6) is 0 Å². The van der Waals surface area contributed by atoms with Crippen LogP contribution in [-0.4, -0.2) is 96.7 Å². The van der Waals surface area contributed by atoms with Gasteiger partial charge in [-0.25, -0.2) is 9.13 Å². The van der Waals surface area contributed by atoms with Crippen LogP contribution in [0.25, 0.3) is 0 Å². The van der Waals surface area contributed by atoms with E-state index in [-0.39, 0.29) is 25.7 Å². The summed E-state index contributed by atoms with van der Waals surface area (Å²) >= 11 is 0. The second-order valence-electron chi connectivity index (χ2n) is 26.7. The van der Waals surface area contributed by atoms with E-state index in [1.807, 2.05) is 0 Å². The van der Waals surface area contributed by atoms with Crippen LogP contribution in [-0.2, 0) is 65.4 Å². The van der Waals surface area contributed by atoms with Gasteiger partial charge in [-0.1, -0.05) is 318 Å². The zero-order chi connectivity index (χ0) is 67.2. The first-order valence-corrected chi connectivity index (χ1v) is 40.5. The van der Waals surface area contributed by atoms with Gasteiger partial charge in [0.15, 0.2) is 12.2 Å². The van der Waals surface area contributed by atoms with E-state index in [1.54, 1.807) is 0 Å². The second-order valence-corrected chi connectivity index (χ2v) is 29.6. The Bertz CT molecular complexity index is 1770. The van der Waals surface area contributed by atoms with Crippen molar-refractivity contribution in [1.29, 1.82) is 0 Å². The van der Waals surface area contributed by atoms with Crippen molar-refractivity contribution in [2.75, 3.05) is 39.6 Å². The molecule has 0 aromatic rings. The van der Waals surface area contributed by atoms with E-state index < -0.39 is 97.5 Å². The summed E-state index contributed by atoms with van der Waals surface area (Å²) in [4.78, 5) is 72.2. The smallest absolute Gasteiger partial charge is 0.462 e. The van der Waals surface area contributed by atoms with Crippen LogP contribution in [0.15, 0.2) is 0 Å². The van der Waals surface area contributed by atoms with Gasteiger partial charge >= 0.3 is 39.5 Å². The molecule has 0 rings (SSSR count). The number of aliphatic hydroxyl groups is 1. The number of carbonyl (C=O) groups excluding carboxylic acids is 4. The molecule has 0 saturated carbocycles. The number of esters is 4. The summed E-state index contributed by atoms with van der Waals surface area (Å²) in [5, 5.41) is 10.6. The number of phosphoric acid groups is 2. The van der Waals surface area contributed by atoms with Gasteiger partial charge in [0.25, 0.3) is 0 Å². The normalized spacial score (nSPS) is 14.4. The van der Waals surface area contributed by atoms with Crippen LogP contribution in [0.1, 0.15) is 369 Å². The highest BCUT2D eigenvalue weighted by atomic mass is 31.2. The van der Waals surface area contributed by atoms with Crippen LogP contribution in [0, 0.1) is 11.8 Å². The maximum Gasteiger partial charge on any atom is 0.472 e. The van der Waals surface area contributed by atoms with E-state index >= 15 is 0 Å². The molecule has 0 aromatic carbocycles. The van der Waals surface area contributed by atoms with Crippen molar-refractivity contribution in [3.8, 4) is 0 Å². The Labute approximate surface area is 556 Å². The molecule has 3 unspecified atom stereocenters. The first-order chi connectivity index (χ1) is 43.9. The van der Waals surface area contributed by atoms with Gasteiger partial charge in [-0.2, -0.15) is 0 Å². The van der Waals surface area contributed by atoms with Crippen LogP contribution in [0.4, 0.5) is 0 Å². The third kappa shape index (κ3) is 65.1. The molecule has 0 aliphatic heterocycles. The van der Waals surface area contributed by atoms with E-state index in [4.69, 9.17) is 37.0 Å². The zero-order valence-electron chi connectivity index (χ0n) is 59.1. The Kier molecular flexibility index (Phi) is 62.7. The largest absolute Gasteiger partial charge is 0.472 e. The summed E-state index contributed by atoms with van der Waals surface area (Å²) in [6.45, 7) is 9.44. The van der Waals surface area contributed by atoms with Crippen molar-refractivity contribution in [2.24, 2.45) is 11.8 Å². The van der Waals surface area contributed by atoms with Gasteiger partial charge in [0.2, 0.25) is 0 Å². The minimum absolute atomic E-state index is 0.101. The molecule has 0 aliphatic rings. The fraction of sp³-hybridized carbons (Fsp3) is 0.944. The van der Waals surface area contributed by atoms with Gasteiger partial charge in [0.05, 0.1) is 26.4 Å². The lowest BCUT2D eigenvalue weighted by molar-refractivity contribution is -0.161. The summed E-state index contributed by atoms with van der Waals surface area (Å²) < 4.78 is 68.0. The molecule has 0 amide bonds. The fourth-order valence-corrected chi connectivity index (χ4v) is 12.5. The highest BCUT2D eigenvalue weighted by Gasteiger charge is 2.30. The minimum Gasteiger partial charge on any atom is -0.462 e. The summed E-state index contributed by atoms with van der Waals surface area (Å²) in [6.07, 6.45) is 50.7. The monoisotopic (exact) mass is 1340 g/mol. The number of hydrogen-bond donors (Lipinski definition) is 3. The van der Waals surface area contributed by atoms with Crippen LogP contribution >= 0.6 is 15.6 Å². The number of aliphatic hydroxyl groups excluding tert-OH is 1. The summed E-state index contributed by atoms with van der Waals surface area (Å²) in [7, 11) is -9.89. The molecule has 540 valence electrons. The van der Waals surface area contributed by atoms with Gasteiger partial charge in [0, 0.05) is 25.7 Å². The highest BCUT2D eigenvalue weighted by Crippen LogP contribution is 2.45. The van der Waals surface area contributed by atoms with Crippen LogP contribution < -0.4 is 0 Å². The van der Waals surface area contributed by atoms with Crippen molar-refractivity contribution in [1.82, 2.24) is 0 Å². The molecule has 0 aliphatic carbocycles. The molecule has 0 heterocycles. The predicted molar refractivity (Wildman–Crippen MR) is 368 cm³/mol. The molecular formula is C72H140O17P2. The molecule has 0 fully saturated rings. The quantitative estimate of drug-likeness (QED) is 0.0222. The third-order valence-corrected chi connectivity index (χ3v) is 19.0. The van der Waals surface area contributed by atoms with Gasteiger partial charge in [0.1, 0.15) is 19.3 Å². The molecule has 19 heteroatoms. The maximum atomic E-state index is 13.1. The molecule has 0 radical (unpaired) electrons. The topological polar surface area (TPSA) is 237 Å². The third-order valence-electron chi connectivity index (χ3n) is 17.1. The fourth-order valence-electron chi connectivity index (χ4n) is 10.9. The number of rotatable bonds is 71. The van der Waals surface area contributed by atoms with Gasteiger partial charge in [-0.05, 0) is 37.5 Å². The Hall–Kier alpha value is -1.94. The van der Waals surface area contributed by atoms with Crippen LogP contribution in [0.3, 0.4) is 0 Å². The minimum atomic E-state index is -4.95. The molecule has 0 bridgehead atoms.